The molecule has 8 rings (SSSR count). The highest BCUT2D eigenvalue weighted by Crippen LogP contribution is 2.46. The lowest BCUT2D eigenvalue weighted by Gasteiger charge is -2.37. The summed E-state index contributed by atoms with van der Waals surface area (Å²) >= 11 is 0. The van der Waals surface area contributed by atoms with Gasteiger partial charge in [0.25, 0.3) is 5.91 Å². The molecule has 22 heteroatoms. The number of nitrogens with zero attached hydrogens (tertiary/aromatic N) is 3. The average Bonchev–Trinajstić information content (AvgIpc) is 4.00. The molecule has 2 amide bonds. The van der Waals surface area contributed by atoms with Crippen LogP contribution in [0.5, 0.6) is 0 Å². The van der Waals surface area contributed by atoms with Gasteiger partial charge in [-0.15, -0.1) is 0 Å². The van der Waals surface area contributed by atoms with Crippen molar-refractivity contribution >= 4 is 41.4 Å². The summed E-state index contributed by atoms with van der Waals surface area (Å²) in [7, 11) is 1.18. The number of nitrogens with one attached hydrogen (secondary N) is 3. The number of aromatic nitrogens is 1. The van der Waals surface area contributed by atoms with Crippen LogP contribution in [0, 0.1) is 36.5 Å². The highest BCUT2D eigenvalue weighted by Gasteiger charge is 2.53. The molecular formula is C52H50F12N6O4. The lowest BCUT2D eigenvalue weighted by Crippen LogP contribution is -2.54. The van der Waals surface area contributed by atoms with E-state index in [9.17, 15) is 62.3 Å². The number of hydrogen-bond acceptors (Lipinski definition) is 8. The van der Waals surface area contributed by atoms with Crippen molar-refractivity contribution in [3.05, 3.63) is 126 Å². The normalized spacial score (nSPS) is 26.2. The molecule has 8 bridgehead atoms. The van der Waals surface area contributed by atoms with Crippen LogP contribution in [0.4, 0.5) is 52.7 Å². The van der Waals surface area contributed by atoms with Crippen molar-refractivity contribution in [1.82, 2.24) is 20.5 Å². The van der Waals surface area contributed by atoms with Crippen molar-refractivity contribution in [1.29, 1.82) is 0 Å². The fourth-order valence-corrected chi connectivity index (χ4v) is 10.8. The van der Waals surface area contributed by atoms with E-state index < -0.39 is 113 Å². The predicted molar refractivity (Wildman–Crippen MR) is 247 cm³/mol. The number of fused-ring (bicyclic) bond motifs is 5. The van der Waals surface area contributed by atoms with Crippen LogP contribution < -0.4 is 21.3 Å². The maximum Gasteiger partial charge on any atom is 0.416 e. The summed E-state index contributed by atoms with van der Waals surface area (Å²) < 4.78 is 172. The molecule has 1 saturated heterocycles. The highest BCUT2D eigenvalue weighted by molar-refractivity contribution is 6.16. The van der Waals surface area contributed by atoms with Crippen molar-refractivity contribution < 1.29 is 71.8 Å². The summed E-state index contributed by atoms with van der Waals surface area (Å²) in [6.45, 7) is 9.33. The first-order valence-corrected chi connectivity index (χ1v) is 23.7. The van der Waals surface area contributed by atoms with E-state index >= 15 is 4.79 Å². The van der Waals surface area contributed by atoms with Crippen molar-refractivity contribution in [3.8, 4) is 0 Å². The molecule has 3 aromatic rings. The Morgan fingerprint density at radius 3 is 1.82 bits per heavy atom. The number of amides is 2. The Morgan fingerprint density at radius 2 is 1.28 bits per heavy atom. The molecule has 7 atom stereocenters. The van der Waals surface area contributed by atoms with Crippen molar-refractivity contribution in [2.24, 2.45) is 39.6 Å². The Balaban J connectivity index is 1.33. The number of ether oxygens (including phenoxy) is 1. The molecule has 3 N–H and O–H groups in total. The standard InChI is InChI=1S/C52H50F12N6O4/c1-8-33-22(2)35-19-40-42(26(6)65-20-27-11-29(49(53,54)55)15-30(12-27)50(56,57)58)24(4)37(67-40)17-36-23(3)34(9-10-41(71)74-7)45(68-36)44-46-43(25(5)38(69-46)18-39(33)66-35)47(72)70(48(44)73)21-28-13-31(51(59,60)61)16-32(14-28)52(62,63)64/h11-19,22-23,26,33-34,43,46,65,67,69H,8-10,20-21H2,1-7H3/b37-17-,39-18-,40-19-,45-44+/t22-,23+,26?,33-,34+,43?,46?/m1/s1. The molecule has 6 heterocycles. The van der Waals surface area contributed by atoms with Gasteiger partial charge >= 0.3 is 30.7 Å². The number of methoxy groups -OCH3 is 1. The van der Waals surface area contributed by atoms with Gasteiger partial charge in [0, 0.05) is 76.2 Å². The van der Waals surface area contributed by atoms with Gasteiger partial charge in [0.05, 0.1) is 59.1 Å². The average molecular weight is 1050 g/mol. The van der Waals surface area contributed by atoms with Gasteiger partial charge < -0.3 is 20.4 Å². The third kappa shape index (κ3) is 10.2. The number of esters is 1. The van der Waals surface area contributed by atoms with Crippen LogP contribution in [0.3, 0.4) is 0 Å². The second-order valence-electron chi connectivity index (χ2n) is 19.4. The number of H-pyrrole nitrogens is 1. The van der Waals surface area contributed by atoms with E-state index in [1.807, 2.05) is 19.9 Å². The lowest BCUT2D eigenvalue weighted by atomic mass is 9.79. The molecule has 74 heavy (non-hydrogen) atoms. The smallest absolute Gasteiger partial charge is 0.416 e. The first-order chi connectivity index (χ1) is 34.4. The van der Waals surface area contributed by atoms with Crippen LogP contribution in [0.25, 0.3) is 12.2 Å². The number of carbonyl (C=O) groups is 3. The van der Waals surface area contributed by atoms with Gasteiger partial charge in [0.2, 0.25) is 5.91 Å². The maximum absolute atomic E-state index is 15.1. The number of aromatic amines is 1. The molecule has 2 aromatic carbocycles. The minimum absolute atomic E-state index is 0.0335. The van der Waals surface area contributed by atoms with Crippen LogP contribution in [0.15, 0.2) is 80.7 Å². The molecule has 5 aliphatic heterocycles. The Morgan fingerprint density at radius 1 is 0.757 bits per heavy atom. The Hall–Kier alpha value is -6.45. The predicted octanol–water partition coefficient (Wildman–Crippen LogP) is 10.2. The van der Waals surface area contributed by atoms with Crippen molar-refractivity contribution in [2.45, 2.75) is 111 Å². The number of piperidine rings is 1. The molecule has 5 aliphatic rings. The summed E-state index contributed by atoms with van der Waals surface area (Å²) in [4.78, 5) is 56.7. The van der Waals surface area contributed by atoms with E-state index in [0.29, 0.717) is 85.8 Å². The van der Waals surface area contributed by atoms with Crippen molar-refractivity contribution in [2.75, 3.05) is 7.11 Å². The first-order valence-electron chi connectivity index (χ1n) is 23.7. The number of imide groups is 1. The number of likely N-dealkylation sites (tertiary alicyclic amines) is 1. The van der Waals surface area contributed by atoms with Crippen LogP contribution in [-0.2, 0) is 56.9 Å². The van der Waals surface area contributed by atoms with Crippen LogP contribution in [-0.4, -0.2) is 52.2 Å². The second-order valence-corrected chi connectivity index (χ2v) is 19.4. The van der Waals surface area contributed by atoms with Gasteiger partial charge in [-0.1, -0.05) is 20.8 Å². The topological polar surface area (TPSA) is 128 Å². The fraction of sp³-hybridized carbons (Fsp3) is 0.442. The number of alkyl halides is 12. The molecule has 396 valence electrons. The van der Waals surface area contributed by atoms with E-state index in [1.54, 1.807) is 39.8 Å². The summed E-state index contributed by atoms with van der Waals surface area (Å²) in [6, 6.07) is 0.332. The molecule has 1 aromatic heterocycles. The quantitative estimate of drug-likeness (QED) is 0.105. The summed E-state index contributed by atoms with van der Waals surface area (Å²) in [6.07, 6.45) is -14.9. The van der Waals surface area contributed by atoms with Crippen molar-refractivity contribution in [3.63, 3.8) is 0 Å². The third-order valence-corrected chi connectivity index (χ3v) is 14.8. The van der Waals surface area contributed by atoms with Gasteiger partial charge in [-0.2, -0.15) is 52.7 Å². The Bertz CT molecular complexity index is 3050. The molecule has 0 saturated carbocycles. The monoisotopic (exact) mass is 1050 g/mol. The largest absolute Gasteiger partial charge is 0.469 e. The molecular weight excluding hydrogens is 1000 g/mol. The van der Waals surface area contributed by atoms with E-state index in [2.05, 4.69) is 15.6 Å². The zero-order valence-electron chi connectivity index (χ0n) is 40.8. The van der Waals surface area contributed by atoms with Gasteiger partial charge in [-0.3, -0.25) is 29.3 Å². The number of hydrogen-bond donors (Lipinski definition) is 3. The van der Waals surface area contributed by atoms with Crippen LogP contribution >= 0.6 is 0 Å². The van der Waals surface area contributed by atoms with E-state index in [0.717, 1.165) is 0 Å². The molecule has 0 radical (unpaired) electrons. The second kappa shape index (κ2) is 19.4. The number of rotatable bonds is 10. The van der Waals surface area contributed by atoms with Gasteiger partial charge in [0.15, 0.2) is 0 Å². The number of halogens is 12. The molecule has 3 unspecified atom stereocenters. The number of benzene rings is 2. The minimum atomic E-state index is -5.23. The number of carbonyl (C=O) groups excluding carboxylic acids is 3. The first kappa shape index (κ1) is 53.8. The zero-order chi connectivity index (χ0) is 54.3. The molecule has 1 fully saturated rings. The van der Waals surface area contributed by atoms with Gasteiger partial charge in [-0.25, -0.2) is 0 Å². The van der Waals surface area contributed by atoms with E-state index in [4.69, 9.17) is 14.7 Å². The highest BCUT2D eigenvalue weighted by atomic mass is 19.4. The van der Waals surface area contributed by atoms with Crippen LogP contribution in [0.1, 0.15) is 104 Å². The molecule has 10 nitrogen and oxygen atoms in total. The molecule has 0 spiro atoms. The Labute approximate surface area is 416 Å². The minimum Gasteiger partial charge on any atom is -0.469 e. The summed E-state index contributed by atoms with van der Waals surface area (Å²) in [5, 5.41) is 7.39. The summed E-state index contributed by atoms with van der Waals surface area (Å²) in [5.74, 6) is -5.58. The Kier molecular flexibility index (Phi) is 14.1. The summed E-state index contributed by atoms with van der Waals surface area (Å²) in [5.41, 5.74) is -3.65. The van der Waals surface area contributed by atoms with E-state index in [1.165, 1.54) is 7.11 Å². The van der Waals surface area contributed by atoms with Crippen LogP contribution in [0.2, 0.25) is 0 Å². The van der Waals surface area contributed by atoms with E-state index in [-0.39, 0.29) is 53.6 Å². The zero-order valence-corrected chi connectivity index (χ0v) is 40.8. The fourth-order valence-electron chi connectivity index (χ4n) is 10.8. The van der Waals surface area contributed by atoms with Gasteiger partial charge in [-0.05, 0) is 116 Å². The lowest BCUT2D eigenvalue weighted by molar-refractivity contribution is -0.149. The number of aliphatic imine (C=N–C) groups is 2. The maximum atomic E-state index is 15.1. The molecule has 0 aliphatic carbocycles. The SMILES string of the molecule is CC[C@H]1/C2=C/C3=C(C)C4C(=O)N(Cc5cc(C(F)(F)F)cc(C(F)(F)F)c5)C(=O)/C(=C5N=C(/C=c6\[nH]/c(c(C(C)NCc7cc(C(F)(F)F)cc(C(F)(F)F)c7)c6C)=C\C(=N2)[C@@H]1C)[C@@H](C)[C@@H]/5CCC(=O)OC)C4N3. The third-order valence-electron chi connectivity index (χ3n) is 14.8. The van der Waals surface area contributed by atoms with Gasteiger partial charge in [0.1, 0.15) is 0 Å². The number of allylic oxidation sites excluding steroid dienone is 3.